The van der Waals surface area contributed by atoms with Gasteiger partial charge >= 0.3 is 0 Å². The van der Waals surface area contributed by atoms with Gasteiger partial charge in [-0.1, -0.05) is 6.07 Å². The van der Waals surface area contributed by atoms with Crippen LogP contribution in [0.2, 0.25) is 0 Å². The number of nitrogens with one attached hydrogen (secondary N) is 1. The second kappa shape index (κ2) is 4.70. The third-order valence-corrected chi connectivity index (χ3v) is 4.34. The average Bonchev–Trinajstić information content (AvgIpc) is 2.95. The molecule has 0 bridgehead atoms. The van der Waals surface area contributed by atoms with Gasteiger partial charge in [0.15, 0.2) is 0 Å². The summed E-state index contributed by atoms with van der Waals surface area (Å²) in [6.45, 7) is 14.9. The van der Waals surface area contributed by atoms with Crippen molar-refractivity contribution in [1.29, 1.82) is 0 Å². The van der Waals surface area contributed by atoms with Crippen LogP contribution in [0.3, 0.4) is 0 Å². The van der Waals surface area contributed by atoms with Crippen LogP contribution in [0.5, 0.6) is 0 Å². The predicted octanol–water partition coefficient (Wildman–Crippen LogP) is 4.42. The number of aromatic nitrogens is 4. The first kappa shape index (κ1) is 14.8. The lowest BCUT2D eigenvalue weighted by atomic mass is 10.1. The molecular formula is C18H24N4. The van der Waals surface area contributed by atoms with Gasteiger partial charge in [-0.2, -0.15) is 5.10 Å². The summed E-state index contributed by atoms with van der Waals surface area (Å²) in [7, 11) is 0. The molecule has 0 aliphatic heterocycles. The monoisotopic (exact) mass is 296 g/mol. The van der Waals surface area contributed by atoms with E-state index in [1.807, 2.05) is 0 Å². The van der Waals surface area contributed by atoms with Crippen LogP contribution in [0.15, 0.2) is 12.1 Å². The number of aromatic amines is 1. The molecule has 2 aromatic heterocycles. The number of rotatable bonds is 1. The Kier molecular flexibility index (Phi) is 3.17. The molecule has 0 aliphatic rings. The Balaban J connectivity index is 2.24. The highest BCUT2D eigenvalue weighted by atomic mass is 15.3. The SMILES string of the molecule is Cc1ccc2[nH]c(-c3c(C)nn(C(C)(C)C)c3C)nc2c1C. The number of aryl methyl sites for hydroxylation is 3. The van der Waals surface area contributed by atoms with Crippen LogP contribution < -0.4 is 0 Å². The van der Waals surface area contributed by atoms with Gasteiger partial charge in [0, 0.05) is 5.69 Å². The molecule has 4 nitrogen and oxygen atoms in total. The number of hydrogen-bond acceptors (Lipinski definition) is 2. The van der Waals surface area contributed by atoms with Gasteiger partial charge in [-0.05, 0) is 65.7 Å². The van der Waals surface area contributed by atoms with E-state index in [1.165, 1.54) is 11.1 Å². The lowest BCUT2D eigenvalue weighted by Crippen LogP contribution is -2.24. The lowest BCUT2D eigenvalue weighted by molar-refractivity contribution is 0.346. The molecule has 4 heteroatoms. The maximum Gasteiger partial charge on any atom is 0.142 e. The molecule has 0 aliphatic carbocycles. The molecule has 0 unspecified atom stereocenters. The fraction of sp³-hybridized carbons (Fsp3) is 0.444. The number of H-pyrrole nitrogens is 1. The maximum atomic E-state index is 4.85. The van der Waals surface area contributed by atoms with Crippen molar-refractivity contribution in [3.05, 3.63) is 34.6 Å². The molecule has 0 saturated heterocycles. The van der Waals surface area contributed by atoms with Crippen molar-refractivity contribution in [2.24, 2.45) is 0 Å². The van der Waals surface area contributed by atoms with Gasteiger partial charge < -0.3 is 4.98 Å². The number of fused-ring (bicyclic) bond motifs is 1. The molecule has 0 saturated carbocycles. The van der Waals surface area contributed by atoms with Crippen molar-refractivity contribution in [2.75, 3.05) is 0 Å². The molecular weight excluding hydrogens is 272 g/mol. The van der Waals surface area contributed by atoms with Gasteiger partial charge in [-0.3, -0.25) is 4.68 Å². The Morgan fingerprint density at radius 3 is 2.32 bits per heavy atom. The van der Waals surface area contributed by atoms with E-state index >= 15 is 0 Å². The molecule has 0 spiro atoms. The van der Waals surface area contributed by atoms with Crippen LogP contribution in [-0.4, -0.2) is 19.7 Å². The van der Waals surface area contributed by atoms with E-state index in [4.69, 9.17) is 10.1 Å². The first-order chi connectivity index (χ1) is 10.2. The second-order valence-corrected chi connectivity index (χ2v) is 7.12. The van der Waals surface area contributed by atoms with Crippen molar-refractivity contribution in [3.8, 4) is 11.4 Å². The highest BCUT2D eigenvalue weighted by Crippen LogP contribution is 2.30. The highest BCUT2D eigenvalue weighted by molar-refractivity contribution is 5.83. The summed E-state index contributed by atoms with van der Waals surface area (Å²) in [5.41, 5.74) is 7.88. The minimum Gasteiger partial charge on any atom is -0.338 e. The van der Waals surface area contributed by atoms with Gasteiger partial charge in [0.1, 0.15) is 5.82 Å². The third kappa shape index (κ3) is 2.14. The average molecular weight is 296 g/mol. The minimum absolute atomic E-state index is 0.0361. The largest absolute Gasteiger partial charge is 0.338 e. The fourth-order valence-corrected chi connectivity index (χ4v) is 3.07. The van der Waals surface area contributed by atoms with Crippen LogP contribution in [0.25, 0.3) is 22.4 Å². The van der Waals surface area contributed by atoms with E-state index in [9.17, 15) is 0 Å². The quantitative estimate of drug-likeness (QED) is 0.722. The van der Waals surface area contributed by atoms with Crippen LogP contribution >= 0.6 is 0 Å². The Labute approximate surface area is 131 Å². The van der Waals surface area contributed by atoms with Crippen molar-refractivity contribution in [2.45, 2.75) is 54.0 Å². The molecule has 1 N–H and O–H groups in total. The molecule has 3 aromatic rings. The summed E-state index contributed by atoms with van der Waals surface area (Å²) >= 11 is 0. The predicted molar refractivity (Wildman–Crippen MR) is 91.3 cm³/mol. The van der Waals surface area contributed by atoms with Gasteiger partial charge in [0.05, 0.1) is 27.8 Å². The highest BCUT2D eigenvalue weighted by Gasteiger charge is 2.23. The molecule has 0 fully saturated rings. The summed E-state index contributed by atoms with van der Waals surface area (Å²) in [6, 6.07) is 4.24. The maximum absolute atomic E-state index is 4.85. The summed E-state index contributed by atoms with van der Waals surface area (Å²) < 4.78 is 2.09. The van der Waals surface area contributed by atoms with Crippen LogP contribution in [-0.2, 0) is 5.54 Å². The normalized spacial score (nSPS) is 12.3. The van der Waals surface area contributed by atoms with Crippen molar-refractivity contribution < 1.29 is 0 Å². The Morgan fingerprint density at radius 2 is 1.73 bits per heavy atom. The molecule has 2 heterocycles. The number of benzene rings is 1. The smallest absolute Gasteiger partial charge is 0.142 e. The van der Waals surface area contributed by atoms with Gasteiger partial charge in [-0.25, -0.2) is 4.98 Å². The topological polar surface area (TPSA) is 46.5 Å². The molecule has 0 amide bonds. The number of nitrogens with zero attached hydrogens (tertiary/aromatic N) is 3. The summed E-state index contributed by atoms with van der Waals surface area (Å²) in [4.78, 5) is 8.31. The van der Waals surface area contributed by atoms with E-state index in [2.05, 4.69) is 70.3 Å². The van der Waals surface area contributed by atoms with Crippen molar-refractivity contribution in [3.63, 3.8) is 0 Å². The minimum atomic E-state index is -0.0361. The summed E-state index contributed by atoms with van der Waals surface area (Å²) in [5, 5.41) is 4.72. The molecule has 116 valence electrons. The second-order valence-electron chi connectivity index (χ2n) is 7.12. The van der Waals surface area contributed by atoms with Crippen LogP contribution in [0, 0.1) is 27.7 Å². The fourth-order valence-electron chi connectivity index (χ4n) is 3.07. The molecule has 0 radical (unpaired) electrons. The summed E-state index contributed by atoms with van der Waals surface area (Å²) in [6.07, 6.45) is 0. The van der Waals surface area contributed by atoms with E-state index in [0.717, 1.165) is 33.8 Å². The van der Waals surface area contributed by atoms with E-state index in [1.54, 1.807) is 0 Å². The Bertz CT molecular complexity index is 859. The lowest BCUT2D eigenvalue weighted by Gasteiger charge is -2.21. The van der Waals surface area contributed by atoms with Crippen molar-refractivity contribution in [1.82, 2.24) is 19.7 Å². The standard InChI is InChI=1S/C18H24N4/c1-10-8-9-14-16(11(10)2)20-17(19-14)15-12(3)21-22(13(15)4)18(5,6)7/h8-9H,1-7H3,(H,19,20). The number of hydrogen-bond donors (Lipinski definition) is 1. The van der Waals surface area contributed by atoms with Gasteiger partial charge in [0.2, 0.25) is 0 Å². The zero-order chi connectivity index (χ0) is 16.2. The summed E-state index contributed by atoms with van der Waals surface area (Å²) in [5.74, 6) is 0.911. The van der Waals surface area contributed by atoms with E-state index in [-0.39, 0.29) is 5.54 Å². The first-order valence-corrected chi connectivity index (χ1v) is 7.73. The third-order valence-electron chi connectivity index (χ3n) is 4.34. The zero-order valence-corrected chi connectivity index (χ0v) is 14.5. The number of imidazole rings is 1. The van der Waals surface area contributed by atoms with Crippen molar-refractivity contribution >= 4 is 11.0 Å². The zero-order valence-electron chi connectivity index (χ0n) is 14.5. The van der Waals surface area contributed by atoms with Crippen LogP contribution in [0.4, 0.5) is 0 Å². The van der Waals surface area contributed by atoms with E-state index < -0.39 is 0 Å². The van der Waals surface area contributed by atoms with E-state index in [0.29, 0.717) is 0 Å². The Morgan fingerprint density at radius 1 is 1.05 bits per heavy atom. The first-order valence-electron chi connectivity index (χ1n) is 7.73. The Hall–Kier alpha value is -2.10. The molecule has 0 atom stereocenters. The molecule has 3 rings (SSSR count). The van der Waals surface area contributed by atoms with Gasteiger partial charge in [-0.15, -0.1) is 0 Å². The van der Waals surface area contributed by atoms with Gasteiger partial charge in [0.25, 0.3) is 0 Å². The molecule has 22 heavy (non-hydrogen) atoms. The molecule has 1 aromatic carbocycles. The van der Waals surface area contributed by atoms with Crippen LogP contribution in [0.1, 0.15) is 43.3 Å².